The van der Waals surface area contributed by atoms with Crippen molar-refractivity contribution in [1.82, 2.24) is 19.7 Å². The third-order valence-corrected chi connectivity index (χ3v) is 5.36. The molecule has 1 aromatic heterocycles. The first-order valence-corrected chi connectivity index (χ1v) is 11.5. The van der Waals surface area contributed by atoms with E-state index in [1.807, 2.05) is 13.1 Å². The van der Waals surface area contributed by atoms with E-state index in [-0.39, 0.29) is 6.61 Å². The van der Waals surface area contributed by atoms with Crippen LogP contribution >= 0.6 is 0 Å². The van der Waals surface area contributed by atoms with Gasteiger partial charge in [-0.15, -0.1) is 0 Å². The Kier molecular flexibility index (Phi) is 10.1. The number of piperidine rings is 1. The Bertz CT molecular complexity index is 761. The lowest BCUT2D eigenvalue weighted by molar-refractivity contribution is 0.107. The Hall–Kier alpha value is -2.16. The highest BCUT2D eigenvalue weighted by Gasteiger charge is 2.11. The predicted molar refractivity (Wildman–Crippen MR) is 121 cm³/mol. The second-order valence-electron chi connectivity index (χ2n) is 8.07. The Balaban J connectivity index is 1.32. The molecule has 3 rings (SSSR count). The van der Waals surface area contributed by atoms with Gasteiger partial charge >= 0.3 is 0 Å². The van der Waals surface area contributed by atoms with Gasteiger partial charge in [-0.3, -0.25) is 4.90 Å². The molecule has 0 radical (unpaired) electrons. The van der Waals surface area contributed by atoms with E-state index in [0.717, 1.165) is 44.0 Å². The molecule has 1 fully saturated rings. The number of nitrogens with one attached hydrogen (secondary N) is 1. The van der Waals surface area contributed by atoms with Crippen LogP contribution in [0.3, 0.4) is 0 Å². The molecule has 2 aromatic rings. The fourth-order valence-electron chi connectivity index (χ4n) is 3.70. The molecular formula is C23H37N5O3. The number of ether oxygens (including phenoxy) is 2. The highest BCUT2D eigenvalue weighted by Crippen LogP contribution is 2.17. The summed E-state index contributed by atoms with van der Waals surface area (Å²) < 4.78 is 13.2. The van der Waals surface area contributed by atoms with Gasteiger partial charge in [-0.1, -0.05) is 18.6 Å². The van der Waals surface area contributed by atoms with Crippen molar-refractivity contribution < 1.29 is 14.6 Å². The van der Waals surface area contributed by atoms with Crippen molar-refractivity contribution in [2.75, 3.05) is 44.8 Å². The topological polar surface area (TPSA) is 84.7 Å². The lowest BCUT2D eigenvalue weighted by atomic mass is 10.1. The standard InChI is InChI=1S/C23H37N5O3/c1-27-23(25-22(26-27)19-30-15-6-5-14-29)24-11-8-16-31-21-10-7-9-20(17-21)18-28-12-3-2-4-13-28/h7,9-10,17,29H,2-6,8,11-16,18-19H2,1H3,(H,24,25,26). The van der Waals surface area contributed by atoms with E-state index in [0.29, 0.717) is 25.6 Å². The molecule has 1 aliphatic rings. The molecule has 2 N–H and O–H groups in total. The molecule has 2 heterocycles. The van der Waals surface area contributed by atoms with Crippen LogP contribution in [0.25, 0.3) is 0 Å². The van der Waals surface area contributed by atoms with E-state index in [1.165, 1.54) is 37.9 Å². The largest absolute Gasteiger partial charge is 0.494 e. The highest BCUT2D eigenvalue weighted by atomic mass is 16.5. The summed E-state index contributed by atoms with van der Waals surface area (Å²) in [5.41, 5.74) is 1.32. The molecule has 0 spiro atoms. The first kappa shape index (κ1) is 23.5. The number of unbranched alkanes of at least 4 members (excludes halogenated alkanes) is 1. The summed E-state index contributed by atoms with van der Waals surface area (Å²) in [4.78, 5) is 7.00. The minimum absolute atomic E-state index is 0.201. The lowest BCUT2D eigenvalue weighted by Crippen LogP contribution is -2.29. The van der Waals surface area contributed by atoms with E-state index < -0.39 is 0 Å². The van der Waals surface area contributed by atoms with Gasteiger partial charge in [0.1, 0.15) is 12.4 Å². The quantitative estimate of drug-likeness (QED) is 0.445. The summed E-state index contributed by atoms with van der Waals surface area (Å²) in [5, 5.41) is 16.5. The maximum absolute atomic E-state index is 8.78. The molecule has 1 aliphatic heterocycles. The molecule has 31 heavy (non-hydrogen) atoms. The zero-order chi connectivity index (χ0) is 21.7. The number of aliphatic hydroxyl groups excluding tert-OH is 1. The molecule has 8 nitrogen and oxygen atoms in total. The van der Waals surface area contributed by atoms with Gasteiger partial charge in [-0.05, 0) is 62.9 Å². The predicted octanol–water partition coefficient (Wildman–Crippen LogP) is 2.97. The Morgan fingerprint density at radius 1 is 1.10 bits per heavy atom. The summed E-state index contributed by atoms with van der Waals surface area (Å²) in [6.45, 7) is 6.03. The number of aliphatic hydroxyl groups is 1. The average Bonchev–Trinajstić information content (AvgIpc) is 3.13. The summed E-state index contributed by atoms with van der Waals surface area (Å²) in [6.07, 6.45) is 6.46. The number of hydrogen-bond donors (Lipinski definition) is 2. The summed E-state index contributed by atoms with van der Waals surface area (Å²) >= 11 is 0. The number of anilines is 1. The molecule has 0 amide bonds. The van der Waals surface area contributed by atoms with E-state index in [4.69, 9.17) is 14.6 Å². The Labute approximate surface area is 185 Å². The fourth-order valence-corrected chi connectivity index (χ4v) is 3.70. The van der Waals surface area contributed by atoms with Crippen molar-refractivity contribution in [3.63, 3.8) is 0 Å². The highest BCUT2D eigenvalue weighted by molar-refractivity contribution is 5.28. The SMILES string of the molecule is Cn1nc(COCCCCO)nc1NCCCOc1cccc(CN2CCCCC2)c1. The van der Waals surface area contributed by atoms with Crippen molar-refractivity contribution in [2.45, 2.75) is 51.7 Å². The number of likely N-dealkylation sites (tertiary alicyclic amines) is 1. The molecule has 0 aliphatic carbocycles. The second kappa shape index (κ2) is 13.3. The summed E-state index contributed by atoms with van der Waals surface area (Å²) in [5.74, 6) is 2.34. The van der Waals surface area contributed by atoms with Crippen LogP contribution in [0.4, 0.5) is 5.95 Å². The van der Waals surface area contributed by atoms with Gasteiger partial charge in [-0.25, -0.2) is 4.68 Å². The van der Waals surface area contributed by atoms with Crippen LogP contribution in [-0.4, -0.2) is 64.2 Å². The van der Waals surface area contributed by atoms with Crippen LogP contribution in [0.15, 0.2) is 24.3 Å². The third kappa shape index (κ3) is 8.47. The van der Waals surface area contributed by atoms with Crippen molar-refractivity contribution in [3.8, 4) is 5.75 Å². The minimum Gasteiger partial charge on any atom is -0.494 e. The van der Waals surface area contributed by atoms with Crippen LogP contribution in [0.2, 0.25) is 0 Å². The van der Waals surface area contributed by atoms with Crippen molar-refractivity contribution in [2.24, 2.45) is 7.05 Å². The molecule has 0 saturated carbocycles. The first-order valence-electron chi connectivity index (χ1n) is 11.5. The molecule has 0 unspecified atom stereocenters. The van der Waals surface area contributed by atoms with E-state index in [1.54, 1.807) is 4.68 Å². The Morgan fingerprint density at radius 2 is 1.97 bits per heavy atom. The second-order valence-corrected chi connectivity index (χ2v) is 8.07. The lowest BCUT2D eigenvalue weighted by Gasteiger charge is -2.26. The van der Waals surface area contributed by atoms with Gasteiger partial charge in [-0.2, -0.15) is 10.1 Å². The molecular weight excluding hydrogens is 394 g/mol. The van der Waals surface area contributed by atoms with Gasteiger partial charge < -0.3 is 19.9 Å². The molecule has 1 saturated heterocycles. The van der Waals surface area contributed by atoms with Crippen LogP contribution in [0.1, 0.15) is 49.9 Å². The van der Waals surface area contributed by atoms with E-state index in [2.05, 4.69) is 38.5 Å². The van der Waals surface area contributed by atoms with Gasteiger partial charge in [0.2, 0.25) is 5.95 Å². The number of hydrogen-bond acceptors (Lipinski definition) is 7. The first-order chi connectivity index (χ1) is 15.2. The number of aromatic nitrogens is 3. The monoisotopic (exact) mass is 431 g/mol. The molecule has 0 atom stereocenters. The van der Waals surface area contributed by atoms with Gasteiger partial charge in [0.05, 0.1) is 6.61 Å². The van der Waals surface area contributed by atoms with Crippen molar-refractivity contribution >= 4 is 5.95 Å². The van der Waals surface area contributed by atoms with Crippen molar-refractivity contribution in [3.05, 3.63) is 35.7 Å². The van der Waals surface area contributed by atoms with E-state index in [9.17, 15) is 0 Å². The average molecular weight is 432 g/mol. The molecule has 172 valence electrons. The number of aryl methyl sites for hydroxylation is 1. The van der Waals surface area contributed by atoms with Crippen molar-refractivity contribution in [1.29, 1.82) is 0 Å². The molecule has 0 bridgehead atoms. The van der Waals surface area contributed by atoms with Crippen LogP contribution < -0.4 is 10.1 Å². The van der Waals surface area contributed by atoms with Crippen LogP contribution in [0, 0.1) is 0 Å². The molecule has 1 aromatic carbocycles. The Morgan fingerprint density at radius 3 is 2.81 bits per heavy atom. The summed E-state index contributed by atoms with van der Waals surface area (Å²) in [6, 6.07) is 8.46. The zero-order valence-corrected chi connectivity index (χ0v) is 18.8. The van der Waals surface area contributed by atoms with E-state index >= 15 is 0 Å². The fraction of sp³-hybridized carbons (Fsp3) is 0.652. The smallest absolute Gasteiger partial charge is 0.221 e. The van der Waals surface area contributed by atoms with Crippen LogP contribution in [-0.2, 0) is 24.9 Å². The molecule has 8 heteroatoms. The maximum Gasteiger partial charge on any atom is 0.221 e. The zero-order valence-electron chi connectivity index (χ0n) is 18.8. The maximum atomic E-state index is 8.78. The third-order valence-electron chi connectivity index (χ3n) is 5.36. The van der Waals surface area contributed by atoms with Crippen LogP contribution in [0.5, 0.6) is 5.75 Å². The van der Waals surface area contributed by atoms with Gasteiger partial charge in [0.25, 0.3) is 0 Å². The normalized spacial score (nSPS) is 14.6. The minimum atomic E-state index is 0.201. The summed E-state index contributed by atoms with van der Waals surface area (Å²) in [7, 11) is 1.87. The number of nitrogens with zero attached hydrogens (tertiary/aromatic N) is 4. The van der Waals surface area contributed by atoms with Gasteiger partial charge in [0, 0.05) is 33.4 Å². The van der Waals surface area contributed by atoms with Gasteiger partial charge in [0.15, 0.2) is 5.82 Å². The number of rotatable bonds is 14. The number of benzene rings is 1.